The average Bonchev–Trinajstić information content (AvgIpc) is 3.16. The smallest absolute Gasteiger partial charge is 0.318 e. The van der Waals surface area contributed by atoms with Crippen molar-refractivity contribution in [1.29, 1.82) is 0 Å². The molecule has 6 nitrogen and oxygen atoms in total. The SMILES string of the molecule is Cc1nc([C@H]2CCCN2C(=O)NC2CCC(C(=O)O)CC2)cs1. The highest BCUT2D eigenvalue weighted by Gasteiger charge is 2.33. The van der Waals surface area contributed by atoms with Gasteiger partial charge in [-0.1, -0.05) is 0 Å². The largest absolute Gasteiger partial charge is 0.481 e. The second-order valence-electron chi connectivity index (χ2n) is 6.48. The molecule has 0 radical (unpaired) electrons. The van der Waals surface area contributed by atoms with Crippen molar-refractivity contribution in [3.8, 4) is 0 Å². The van der Waals surface area contributed by atoms with Crippen molar-refractivity contribution in [3.05, 3.63) is 16.1 Å². The molecule has 2 fully saturated rings. The third-order valence-electron chi connectivity index (χ3n) is 4.90. The molecular weight excluding hydrogens is 314 g/mol. The van der Waals surface area contributed by atoms with Gasteiger partial charge in [0.25, 0.3) is 0 Å². The van der Waals surface area contributed by atoms with Crippen molar-refractivity contribution < 1.29 is 14.7 Å². The van der Waals surface area contributed by atoms with E-state index in [1.54, 1.807) is 11.3 Å². The first kappa shape index (κ1) is 16.2. The van der Waals surface area contributed by atoms with Gasteiger partial charge in [0, 0.05) is 18.0 Å². The Kier molecular flexibility index (Phi) is 4.84. The van der Waals surface area contributed by atoms with Crippen LogP contribution in [0.4, 0.5) is 4.79 Å². The van der Waals surface area contributed by atoms with Crippen LogP contribution in [-0.4, -0.2) is 39.6 Å². The van der Waals surface area contributed by atoms with Gasteiger partial charge in [0.15, 0.2) is 0 Å². The lowest BCUT2D eigenvalue weighted by molar-refractivity contribution is -0.142. The standard InChI is InChI=1S/C16H23N3O3S/c1-10-17-13(9-23-10)14-3-2-8-19(14)16(22)18-12-6-4-11(5-7-12)15(20)21/h9,11-12,14H,2-8H2,1H3,(H,18,22)(H,20,21)/t11?,12?,14-/m1/s1. The minimum atomic E-state index is -0.715. The zero-order valence-electron chi connectivity index (χ0n) is 13.3. The Bertz CT molecular complexity index is 581. The molecule has 1 aromatic rings. The van der Waals surface area contributed by atoms with Gasteiger partial charge >= 0.3 is 12.0 Å². The summed E-state index contributed by atoms with van der Waals surface area (Å²) in [5, 5.41) is 15.2. The number of aromatic nitrogens is 1. The maximum Gasteiger partial charge on any atom is 0.318 e. The number of urea groups is 1. The predicted molar refractivity (Wildman–Crippen MR) is 87.4 cm³/mol. The molecule has 7 heteroatoms. The summed E-state index contributed by atoms with van der Waals surface area (Å²) in [7, 11) is 0. The number of carbonyl (C=O) groups excluding carboxylic acids is 1. The van der Waals surface area contributed by atoms with Gasteiger partial charge in [-0.25, -0.2) is 9.78 Å². The molecular formula is C16H23N3O3S. The number of nitrogens with one attached hydrogen (secondary N) is 1. The van der Waals surface area contributed by atoms with Crippen LogP contribution >= 0.6 is 11.3 Å². The summed E-state index contributed by atoms with van der Waals surface area (Å²) in [6.07, 6.45) is 4.75. The Balaban J connectivity index is 1.56. The zero-order valence-corrected chi connectivity index (χ0v) is 14.1. The van der Waals surface area contributed by atoms with Gasteiger partial charge in [0.05, 0.1) is 22.7 Å². The maximum atomic E-state index is 12.6. The molecule has 3 rings (SSSR count). The molecule has 2 aliphatic rings. The van der Waals surface area contributed by atoms with Crippen LogP contribution in [0, 0.1) is 12.8 Å². The molecule has 1 aliphatic heterocycles. The Labute approximate surface area is 139 Å². The maximum absolute atomic E-state index is 12.6. The Morgan fingerprint density at radius 3 is 2.65 bits per heavy atom. The van der Waals surface area contributed by atoms with Crippen molar-refractivity contribution in [2.24, 2.45) is 5.92 Å². The number of aliphatic carboxylic acids is 1. The van der Waals surface area contributed by atoms with Crippen molar-refractivity contribution >= 4 is 23.3 Å². The number of nitrogens with zero attached hydrogens (tertiary/aromatic N) is 2. The minimum Gasteiger partial charge on any atom is -0.481 e. The average molecular weight is 337 g/mol. The first-order valence-electron chi connectivity index (χ1n) is 8.26. The van der Waals surface area contributed by atoms with E-state index in [-0.39, 0.29) is 24.0 Å². The second-order valence-corrected chi connectivity index (χ2v) is 7.54. The van der Waals surface area contributed by atoms with E-state index >= 15 is 0 Å². The van der Waals surface area contributed by atoms with Gasteiger partial charge in [-0.3, -0.25) is 4.79 Å². The second kappa shape index (κ2) is 6.86. The molecule has 0 aromatic carbocycles. The lowest BCUT2D eigenvalue weighted by Crippen LogP contribution is -2.46. The fraction of sp³-hybridized carbons (Fsp3) is 0.688. The highest BCUT2D eigenvalue weighted by molar-refractivity contribution is 7.09. The third-order valence-corrected chi connectivity index (χ3v) is 5.69. The molecule has 0 unspecified atom stereocenters. The van der Waals surface area contributed by atoms with Crippen LogP contribution in [0.2, 0.25) is 0 Å². The third kappa shape index (κ3) is 3.65. The van der Waals surface area contributed by atoms with E-state index in [1.807, 2.05) is 17.2 Å². The van der Waals surface area contributed by atoms with Gasteiger partial charge in [0.1, 0.15) is 0 Å². The van der Waals surface area contributed by atoms with Crippen molar-refractivity contribution in [2.75, 3.05) is 6.54 Å². The Morgan fingerprint density at radius 2 is 2.04 bits per heavy atom. The number of carbonyl (C=O) groups is 2. The fourth-order valence-electron chi connectivity index (χ4n) is 3.59. The normalized spacial score (nSPS) is 27.9. The number of likely N-dealkylation sites (tertiary alicyclic amines) is 1. The monoisotopic (exact) mass is 337 g/mol. The number of thiazole rings is 1. The summed E-state index contributed by atoms with van der Waals surface area (Å²) in [5.74, 6) is -0.964. The summed E-state index contributed by atoms with van der Waals surface area (Å²) in [4.78, 5) is 30.0. The molecule has 23 heavy (non-hydrogen) atoms. The molecule has 0 spiro atoms. The molecule has 1 atom stereocenters. The van der Waals surface area contributed by atoms with Crippen LogP contribution in [0.1, 0.15) is 55.3 Å². The molecule has 126 valence electrons. The lowest BCUT2D eigenvalue weighted by atomic mass is 9.86. The van der Waals surface area contributed by atoms with Gasteiger partial charge in [-0.2, -0.15) is 0 Å². The zero-order chi connectivity index (χ0) is 16.4. The van der Waals surface area contributed by atoms with Crippen LogP contribution in [0.3, 0.4) is 0 Å². The molecule has 1 aliphatic carbocycles. The van der Waals surface area contributed by atoms with Crippen LogP contribution in [-0.2, 0) is 4.79 Å². The predicted octanol–water partition coefficient (Wildman–Crippen LogP) is 2.94. The van der Waals surface area contributed by atoms with E-state index in [0.717, 1.165) is 42.9 Å². The molecule has 2 amide bonds. The number of amides is 2. The highest BCUT2D eigenvalue weighted by Crippen LogP contribution is 2.33. The molecule has 2 N–H and O–H groups in total. The van der Waals surface area contributed by atoms with E-state index in [4.69, 9.17) is 5.11 Å². The molecule has 1 aromatic heterocycles. The summed E-state index contributed by atoms with van der Waals surface area (Å²) < 4.78 is 0. The first-order valence-corrected chi connectivity index (χ1v) is 9.14. The topological polar surface area (TPSA) is 82.5 Å². The number of hydrogen-bond acceptors (Lipinski definition) is 4. The summed E-state index contributed by atoms with van der Waals surface area (Å²) in [6, 6.07) is 0.142. The number of carboxylic acids is 1. The molecule has 1 saturated carbocycles. The summed E-state index contributed by atoms with van der Waals surface area (Å²) >= 11 is 1.62. The Morgan fingerprint density at radius 1 is 1.30 bits per heavy atom. The Hall–Kier alpha value is -1.63. The minimum absolute atomic E-state index is 0.0306. The van der Waals surface area contributed by atoms with E-state index in [1.165, 1.54) is 0 Å². The van der Waals surface area contributed by atoms with E-state index in [9.17, 15) is 9.59 Å². The van der Waals surface area contributed by atoms with Gasteiger partial charge in [-0.05, 0) is 45.4 Å². The summed E-state index contributed by atoms with van der Waals surface area (Å²) in [5.41, 5.74) is 0.995. The lowest BCUT2D eigenvalue weighted by Gasteiger charge is -2.30. The van der Waals surface area contributed by atoms with Crippen molar-refractivity contribution in [3.63, 3.8) is 0 Å². The number of carboxylic acid groups (broad SMARTS) is 1. The highest BCUT2D eigenvalue weighted by atomic mass is 32.1. The molecule has 2 heterocycles. The van der Waals surface area contributed by atoms with Crippen LogP contribution in [0.25, 0.3) is 0 Å². The van der Waals surface area contributed by atoms with Crippen molar-refractivity contribution in [1.82, 2.24) is 15.2 Å². The van der Waals surface area contributed by atoms with E-state index < -0.39 is 5.97 Å². The van der Waals surface area contributed by atoms with Gasteiger partial charge in [-0.15, -0.1) is 11.3 Å². The number of aryl methyl sites for hydroxylation is 1. The van der Waals surface area contributed by atoms with E-state index in [0.29, 0.717) is 12.8 Å². The fourth-order valence-corrected chi connectivity index (χ4v) is 4.25. The first-order chi connectivity index (χ1) is 11.0. The van der Waals surface area contributed by atoms with Crippen LogP contribution in [0.5, 0.6) is 0 Å². The van der Waals surface area contributed by atoms with Crippen LogP contribution < -0.4 is 5.32 Å². The van der Waals surface area contributed by atoms with Crippen LogP contribution in [0.15, 0.2) is 5.38 Å². The van der Waals surface area contributed by atoms with E-state index in [2.05, 4.69) is 10.3 Å². The van der Waals surface area contributed by atoms with Gasteiger partial charge in [0.2, 0.25) is 0 Å². The number of rotatable bonds is 3. The quantitative estimate of drug-likeness (QED) is 0.888. The van der Waals surface area contributed by atoms with Gasteiger partial charge < -0.3 is 15.3 Å². The summed E-state index contributed by atoms with van der Waals surface area (Å²) in [6.45, 7) is 2.74. The van der Waals surface area contributed by atoms with Crippen molar-refractivity contribution in [2.45, 2.75) is 57.5 Å². The number of hydrogen-bond donors (Lipinski definition) is 2. The molecule has 1 saturated heterocycles. The molecule has 0 bridgehead atoms.